The molecule has 0 spiro atoms. The average Bonchev–Trinajstić information content (AvgIpc) is 2.65. The van der Waals surface area contributed by atoms with E-state index in [0.29, 0.717) is 12.3 Å². The fourth-order valence-electron chi connectivity index (χ4n) is 2.89. The number of nitrogens with two attached hydrogens (primary N) is 1. The van der Waals surface area contributed by atoms with Gasteiger partial charge in [0.05, 0.1) is 12.5 Å². The molecular weight excluding hydrogens is 336 g/mol. The predicted octanol–water partition coefficient (Wildman–Crippen LogP) is 2.99. The number of nitrogens with zero attached hydrogens (tertiary/aromatic N) is 3. The minimum absolute atomic E-state index is 0.0302. The molecule has 25 heavy (non-hydrogen) atoms. The second kappa shape index (κ2) is 8.20. The van der Waals surface area contributed by atoms with Crippen molar-refractivity contribution in [2.24, 2.45) is 5.92 Å². The van der Waals surface area contributed by atoms with E-state index in [-0.39, 0.29) is 11.9 Å². The molecular formula is C18H22N4O2S. The van der Waals surface area contributed by atoms with Crippen LogP contribution in [0, 0.1) is 5.92 Å². The second-order valence-corrected chi connectivity index (χ2v) is 6.91. The molecule has 1 fully saturated rings. The maximum Gasteiger partial charge on any atom is 0.309 e. The van der Waals surface area contributed by atoms with E-state index in [4.69, 9.17) is 10.5 Å². The number of carbonyl (C=O) groups excluding carboxylic acids is 1. The minimum atomic E-state index is -0.0990. The normalized spacial score (nSPS) is 15.2. The summed E-state index contributed by atoms with van der Waals surface area (Å²) in [5.41, 5.74) is 6.91. The van der Waals surface area contributed by atoms with Gasteiger partial charge in [-0.3, -0.25) is 4.79 Å². The molecule has 1 saturated heterocycles. The molecule has 1 aromatic carbocycles. The lowest BCUT2D eigenvalue weighted by atomic mass is 9.97. The van der Waals surface area contributed by atoms with Crippen molar-refractivity contribution >= 4 is 29.2 Å². The van der Waals surface area contributed by atoms with Crippen molar-refractivity contribution in [3.8, 4) is 0 Å². The van der Waals surface area contributed by atoms with E-state index in [0.717, 1.165) is 41.7 Å². The van der Waals surface area contributed by atoms with E-state index < -0.39 is 0 Å². The fourth-order valence-corrected chi connectivity index (χ4v) is 3.71. The lowest BCUT2D eigenvalue weighted by Crippen LogP contribution is -2.37. The summed E-state index contributed by atoms with van der Waals surface area (Å²) in [5.74, 6) is 0.617. The Labute approximate surface area is 151 Å². The molecule has 0 aliphatic carbocycles. The van der Waals surface area contributed by atoms with Crippen LogP contribution in [0.2, 0.25) is 0 Å². The van der Waals surface area contributed by atoms with Crippen molar-refractivity contribution in [3.63, 3.8) is 0 Å². The molecule has 1 aliphatic heterocycles. The smallest absolute Gasteiger partial charge is 0.309 e. The van der Waals surface area contributed by atoms with Gasteiger partial charge in [-0.05, 0) is 31.9 Å². The summed E-state index contributed by atoms with van der Waals surface area (Å²) in [4.78, 5) is 23.8. The van der Waals surface area contributed by atoms with Crippen LogP contribution in [0.3, 0.4) is 0 Å². The number of anilines is 2. The van der Waals surface area contributed by atoms with Crippen molar-refractivity contribution in [1.82, 2.24) is 9.97 Å². The first-order chi connectivity index (χ1) is 12.2. The Morgan fingerprint density at radius 3 is 2.68 bits per heavy atom. The summed E-state index contributed by atoms with van der Waals surface area (Å²) < 4.78 is 5.12. The van der Waals surface area contributed by atoms with E-state index in [2.05, 4.69) is 14.9 Å². The highest BCUT2D eigenvalue weighted by Gasteiger charge is 2.27. The molecule has 2 aromatic rings. The van der Waals surface area contributed by atoms with Gasteiger partial charge in [0.2, 0.25) is 0 Å². The van der Waals surface area contributed by atoms with Gasteiger partial charge < -0.3 is 15.4 Å². The van der Waals surface area contributed by atoms with Gasteiger partial charge in [-0.15, -0.1) is 0 Å². The lowest BCUT2D eigenvalue weighted by molar-refractivity contribution is -0.148. The Bertz CT molecular complexity index is 718. The number of rotatable bonds is 5. The van der Waals surface area contributed by atoms with Crippen LogP contribution in [0.15, 0.2) is 46.6 Å². The number of ether oxygens (including phenoxy) is 1. The van der Waals surface area contributed by atoms with Crippen LogP contribution in [-0.4, -0.2) is 35.6 Å². The maximum absolute atomic E-state index is 11.9. The van der Waals surface area contributed by atoms with E-state index in [9.17, 15) is 4.79 Å². The highest BCUT2D eigenvalue weighted by molar-refractivity contribution is 7.99. The number of esters is 1. The number of benzene rings is 1. The van der Waals surface area contributed by atoms with Crippen LogP contribution in [0.25, 0.3) is 0 Å². The van der Waals surface area contributed by atoms with Crippen molar-refractivity contribution < 1.29 is 9.53 Å². The molecule has 7 heteroatoms. The Kier molecular flexibility index (Phi) is 5.75. The van der Waals surface area contributed by atoms with Crippen molar-refractivity contribution in [2.75, 3.05) is 30.3 Å². The first kappa shape index (κ1) is 17.5. The molecule has 2 N–H and O–H groups in total. The van der Waals surface area contributed by atoms with Crippen LogP contribution >= 0.6 is 11.8 Å². The van der Waals surface area contributed by atoms with Gasteiger partial charge in [0, 0.05) is 18.0 Å². The molecule has 132 valence electrons. The van der Waals surface area contributed by atoms with Gasteiger partial charge in [0.25, 0.3) is 0 Å². The zero-order valence-corrected chi connectivity index (χ0v) is 15.0. The van der Waals surface area contributed by atoms with E-state index in [1.54, 1.807) is 6.33 Å². The van der Waals surface area contributed by atoms with E-state index >= 15 is 0 Å². The molecule has 1 aliphatic rings. The highest BCUT2D eigenvalue weighted by atomic mass is 32.2. The fraction of sp³-hybridized carbons (Fsp3) is 0.389. The number of aromatic nitrogens is 2. The quantitative estimate of drug-likeness (QED) is 0.650. The van der Waals surface area contributed by atoms with Gasteiger partial charge in [0.15, 0.2) is 5.82 Å². The van der Waals surface area contributed by atoms with Crippen molar-refractivity contribution in [2.45, 2.75) is 29.7 Å². The van der Waals surface area contributed by atoms with Gasteiger partial charge in [-0.2, -0.15) is 0 Å². The Balaban J connectivity index is 1.69. The zero-order chi connectivity index (χ0) is 17.6. The lowest BCUT2D eigenvalue weighted by Gasteiger charge is -2.32. The molecule has 1 aromatic heterocycles. The number of nitrogen functional groups attached to an aromatic ring is 1. The third-order valence-electron chi connectivity index (χ3n) is 4.20. The van der Waals surface area contributed by atoms with Gasteiger partial charge >= 0.3 is 5.97 Å². The summed E-state index contributed by atoms with van der Waals surface area (Å²) >= 11 is 1.53. The largest absolute Gasteiger partial charge is 0.466 e. The summed E-state index contributed by atoms with van der Waals surface area (Å²) in [6, 6.07) is 10.0. The molecule has 0 saturated carbocycles. The summed E-state index contributed by atoms with van der Waals surface area (Å²) in [5, 5.41) is 0.753. The summed E-state index contributed by atoms with van der Waals surface area (Å²) in [6.45, 7) is 3.73. The second-order valence-electron chi connectivity index (χ2n) is 5.84. The van der Waals surface area contributed by atoms with Crippen LogP contribution in [0.4, 0.5) is 11.5 Å². The molecule has 0 amide bonds. The van der Waals surface area contributed by atoms with Crippen LogP contribution in [0.1, 0.15) is 19.8 Å². The van der Waals surface area contributed by atoms with E-state index in [1.165, 1.54) is 11.8 Å². The number of piperidine rings is 1. The maximum atomic E-state index is 11.9. The number of hydrogen-bond acceptors (Lipinski definition) is 7. The van der Waals surface area contributed by atoms with Gasteiger partial charge in [0.1, 0.15) is 17.0 Å². The third-order valence-corrected chi connectivity index (χ3v) is 5.23. The minimum Gasteiger partial charge on any atom is -0.466 e. The van der Waals surface area contributed by atoms with Gasteiger partial charge in [-0.1, -0.05) is 30.0 Å². The van der Waals surface area contributed by atoms with Crippen LogP contribution < -0.4 is 10.6 Å². The molecule has 0 bridgehead atoms. The number of carbonyl (C=O) groups is 1. The SMILES string of the molecule is CCOC(=O)C1CCN(c2ncnc(Sc3ccccc3)c2N)CC1. The Morgan fingerprint density at radius 2 is 2.00 bits per heavy atom. The zero-order valence-electron chi connectivity index (χ0n) is 14.2. The Morgan fingerprint density at radius 1 is 1.28 bits per heavy atom. The molecule has 3 rings (SSSR count). The van der Waals surface area contributed by atoms with Crippen LogP contribution in [-0.2, 0) is 9.53 Å². The summed E-state index contributed by atoms with van der Waals surface area (Å²) in [7, 11) is 0. The standard InChI is InChI=1S/C18H22N4O2S/c1-2-24-18(23)13-8-10-22(11-9-13)16-15(19)17(21-12-20-16)25-14-6-4-3-5-7-14/h3-7,12-13H,2,8-11,19H2,1H3. The van der Waals surface area contributed by atoms with Crippen molar-refractivity contribution in [3.05, 3.63) is 36.7 Å². The average molecular weight is 358 g/mol. The summed E-state index contributed by atoms with van der Waals surface area (Å²) in [6.07, 6.45) is 3.06. The van der Waals surface area contributed by atoms with Crippen LogP contribution in [0.5, 0.6) is 0 Å². The molecule has 2 heterocycles. The van der Waals surface area contributed by atoms with Gasteiger partial charge in [-0.25, -0.2) is 9.97 Å². The van der Waals surface area contributed by atoms with E-state index in [1.807, 2.05) is 37.3 Å². The molecule has 0 atom stereocenters. The highest BCUT2D eigenvalue weighted by Crippen LogP contribution is 2.35. The van der Waals surface area contributed by atoms with Crippen molar-refractivity contribution in [1.29, 1.82) is 0 Å². The molecule has 0 radical (unpaired) electrons. The third kappa shape index (κ3) is 4.22. The first-order valence-electron chi connectivity index (χ1n) is 8.44. The predicted molar refractivity (Wildman–Crippen MR) is 98.6 cm³/mol. The first-order valence-corrected chi connectivity index (χ1v) is 9.25. The topological polar surface area (TPSA) is 81.3 Å². The Hall–Kier alpha value is -2.28. The number of hydrogen-bond donors (Lipinski definition) is 1. The molecule has 6 nitrogen and oxygen atoms in total. The monoisotopic (exact) mass is 358 g/mol. The molecule has 0 unspecified atom stereocenters.